The number of hydrogen-bond donors (Lipinski definition) is 1. The van der Waals surface area contributed by atoms with Gasteiger partial charge < -0.3 is 9.88 Å². The first-order valence-electron chi connectivity index (χ1n) is 8.25. The van der Waals surface area contributed by atoms with Gasteiger partial charge in [0.05, 0.1) is 0 Å². The van der Waals surface area contributed by atoms with E-state index in [-0.39, 0.29) is 13.0 Å². The van der Waals surface area contributed by atoms with Crippen LogP contribution in [0.25, 0.3) is 0 Å². The van der Waals surface area contributed by atoms with Gasteiger partial charge in [0.15, 0.2) is 4.90 Å². The maximum atomic E-state index is 13.3. The summed E-state index contributed by atoms with van der Waals surface area (Å²) >= 11 is 0. The number of nitrogens with zero attached hydrogens (tertiary/aromatic N) is 3. The quantitative estimate of drug-likeness (QED) is 0.716. The molecule has 27 heavy (non-hydrogen) atoms. The molecule has 1 N–H and O–H groups in total. The van der Waals surface area contributed by atoms with Gasteiger partial charge in [-0.2, -0.15) is 4.31 Å². The molecule has 0 unspecified atom stereocenters. The highest BCUT2D eigenvalue weighted by Gasteiger charge is 2.40. The molecule has 10 heteroatoms. The van der Waals surface area contributed by atoms with Crippen molar-refractivity contribution < 1.29 is 13.2 Å². The SMILES string of the molecule is CNC(=O)[C@@H]1Cc2ccccc2CN1S(=O)(=O)c1cn(C)c(=O)n(C)c1=O. The summed E-state index contributed by atoms with van der Waals surface area (Å²) in [4.78, 5) is 36.2. The van der Waals surface area contributed by atoms with Gasteiger partial charge in [0.25, 0.3) is 15.6 Å². The predicted octanol–water partition coefficient (Wildman–Crippen LogP) is -1.05. The van der Waals surface area contributed by atoms with Crippen molar-refractivity contribution in [3.63, 3.8) is 0 Å². The summed E-state index contributed by atoms with van der Waals surface area (Å²) < 4.78 is 29.4. The van der Waals surface area contributed by atoms with Gasteiger partial charge in [-0.1, -0.05) is 24.3 Å². The summed E-state index contributed by atoms with van der Waals surface area (Å²) in [5, 5.41) is 2.48. The van der Waals surface area contributed by atoms with Crippen LogP contribution in [0.3, 0.4) is 0 Å². The molecule has 3 rings (SSSR count). The number of aromatic nitrogens is 2. The minimum atomic E-state index is -4.32. The van der Waals surface area contributed by atoms with Crippen LogP contribution in [0.1, 0.15) is 11.1 Å². The van der Waals surface area contributed by atoms with Gasteiger partial charge in [0.1, 0.15) is 6.04 Å². The molecule has 1 aliphatic heterocycles. The van der Waals surface area contributed by atoms with Crippen LogP contribution in [0.15, 0.2) is 44.9 Å². The number of rotatable bonds is 3. The molecule has 2 aromatic rings. The summed E-state index contributed by atoms with van der Waals surface area (Å²) in [6, 6.07) is 6.26. The summed E-state index contributed by atoms with van der Waals surface area (Å²) in [7, 11) is -0.315. The van der Waals surface area contributed by atoms with Crippen LogP contribution in [0.4, 0.5) is 0 Å². The van der Waals surface area contributed by atoms with Crippen LogP contribution >= 0.6 is 0 Å². The Balaban J connectivity index is 2.19. The van der Waals surface area contributed by atoms with E-state index >= 15 is 0 Å². The molecule has 0 aliphatic carbocycles. The fourth-order valence-corrected chi connectivity index (χ4v) is 4.94. The molecule has 0 bridgehead atoms. The van der Waals surface area contributed by atoms with E-state index in [1.54, 1.807) is 12.1 Å². The summed E-state index contributed by atoms with van der Waals surface area (Å²) in [6.45, 7) is -0.0391. The molecule has 0 radical (unpaired) electrons. The molecule has 0 saturated carbocycles. The van der Waals surface area contributed by atoms with E-state index in [0.717, 1.165) is 30.8 Å². The van der Waals surface area contributed by atoms with Crippen molar-refractivity contribution in [3.8, 4) is 0 Å². The number of likely N-dealkylation sites (N-methyl/N-ethyl adjacent to an activating group) is 1. The van der Waals surface area contributed by atoms with Crippen LogP contribution in [-0.2, 0) is 41.9 Å². The van der Waals surface area contributed by atoms with Gasteiger partial charge in [0, 0.05) is 33.9 Å². The van der Waals surface area contributed by atoms with Crippen LogP contribution in [0, 0.1) is 0 Å². The van der Waals surface area contributed by atoms with Crippen molar-refractivity contribution in [2.75, 3.05) is 7.05 Å². The molecule has 1 aliphatic rings. The highest BCUT2D eigenvalue weighted by Crippen LogP contribution is 2.28. The van der Waals surface area contributed by atoms with E-state index in [4.69, 9.17) is 0 Å². The summed E-state index contributed by atoms with van der Waals surface area (Å²) in [5.74, 6) is -0.463. The molecule has 1 aromatic heterocycles. The normalized spacial score (nSPS) is 17.4. The number of sulfonamides is 1. The van der Waals surface area contributed by atoms with Crippen LogP contribution in [0.2, 0.25) is 0 Å². The summed E-state index contributed by atoms with van der Waals surface area (Å²) in [5.41, 5.74) is 0.0900. The smallest absolute Gasteiger partial charge is 0.330 e. The van der Waals surface area contributed by atoms with Crippen molar-refractivity contribution >= 4 is 15.9 Å². The number of carbonyl (C=O) groups is 1. The van der Waals surface area contributed by atoms with Crippen molar-refractivity contribution in [2.45, 2.75) is 23.9 Å². The lowest BCUT2D eigenvalue weighted by atomic mass is 9.95. The highest BCUT2D eigenvalue weighted by molar-refractivity contribution is 7.89. The van der Waals surface area contributed by atoms with Crippen molar-refractivity contribution in [1.29, 1.82) is 0 Å². The van der Waals surface area contributed by atoms with Crippen molar-refractivity contribution in [1.82, 2.24) is 18.8 Å². The standard InChI is InChI=1S/C17H20N4O5S/c1-18-15(22)13-8-11-6-4-5-7-12(11)9-21(13)27(25,26)14-10-19(2)17(24)20(3)16(14)23/h4-7,10,13H,8-9H2,1-3H3,(H,18,22)/t13-/m0/s1. The number of amides is 1. The molecule has 0 saturated heterocycles. The van der Waals surface area contributed by atoms with Gasteiger partial charge in [-0.15, -0.1) is 0 Å². The molecule has 9 nitrogen and oxygen atoms in total. The molecule has 0 spiro atoms. The molecule has 0 fully saturated rings. The number of benzene rings is 1. The van der Waals surface area contributed by atoms with E-state index in [2.05, 4.69) is 5.32 Å². The molecule has 1 aromatic carbocycles. The van der Waals surface area contributed by atoms with Gasteiger partial charge in [0.2, 0.25) is 5.91 Å². The van der Waals surface area contributed by atoms with Crippen molar-refractivity contribution in [3.05, 3.63) is 62.4 Å². The van der Waals surface area contributed by atoms with E-state index in [1.807, 2.05) is 12.1 Å². The zero-order valence-electron chi connectivity index (χ0n) is 15.2. The number of aryl methyl sites for hydroxylation is 1. The Bertz CT molecular complexity index is 1130. The van der Waals surface area contributed by atoms with Gasteiger partial charge in [-0.3, -0.25) is 14.2 Å². The largest absolute Gasteiger partial charge is 0.358 e. The van der Waals surface area contributed by atoms with E-state index in [0.29, 0.717) is 0 Å². The average Bonchev–Trinajstić information content (AvgIpc) is 2.67. The van der Waals surface area contributed by atoms with Gasteiger partial charge in [-0.05, 0) is 17.5 Å². The van der Waals surface area contributed by atoms with Crippen molar-refractivity contribution in [2.24, 2.45) is 14.1 Å². The predicted molar refractivity (Wildman–Crippen MR) is 97.7 cm³/mol. The first-order chi connectivity index (χ1) is 12.7. The minimum Gasteiger partial charge on any atom is -0.358 e. The topological polar surface area (TPSA) is 110 Å². The number of nitrogens with one attached hydrogen (secondary N) is 1. The third-order valence-corrected chi connectivity index (χ3v) is 6.59. The Morgan fingerprint density at radius 3 is 2.41 bits per heavy atom. The zero-order valence-corrected chi connectivity index (χ0v) is 16.0. The second-order valence-corrected chi connectivity index (χ2v) is 8.26. The third-order valence-electron chi connectivity index (χ3n) is 4.76. The lowest BCUT2D eigenvalue weighted by molar-refractivity contribution is -0.124. The zero-order chi connectivity index (χ0) is 19.9. The Kier molecular flexibility index (Phi) is 4.79. The Morgan fingerprint density at radius 2 is 1.78 bits per heavy atom. The fraction of sp³-hybridized carbons (Fsp3) is 0.353. The Labute approximate surface area is 155 Å². The minimum absolute atomic E-state index is 0.0391. The lowest BCUT2D eigenvalue weighted by Gasteiger charge is -2.34. The molecule has 144 valence electrons. The first kappa shape index (κ1) is 19.1. The van der Waals surface area contributed by atoms with Gasteiger partial charge in [-0.25, -0.2) is 13.2 Å². The number of carbonyl (C=O) groups excluding carboxylic acids is 1. The summed E-state index contributed by atoms with van der Waals surface area (Å²) in [6.07, 6.45) is 1.20. The maximum absolute atomic E-state index is 13.3. The molecule has 1 atom stereocenters. The first-order valence-corrected chi connectivity index (χ1v) is 9.69. The second-order valence-electron chi connectivity index (χ2n) is 6.40. The highest BCUT2D eigenvalue weighted by atomic mass is 32.2. The monoisotopic (exact) mass is 392 g/mol. The lowest BCUT2D eigenvalue weighted by Crippen LogP contribution is -2.53. The van der Waals surface area contributed by atoms with Crippen LogP contribution < -0.4 is 16.6 Å². The Morgan fingerprint density at radius 1 is 1.15 bits per heavy atom. The molecule has 1 amide bonds. The van der Waals surface area contributed by atoms with Gasteiger partial charge >= 0.3 is 5.69 Å². The third kappa shape index (κ3) is 3.10. The second kappa shape index (κ2) is 6.78. The molecular formula is C17H20N4O5S. The van der Waals surface area contributed by atoms with Crippen LogP contribution in [0.5, 0.6) is 0 Å². The molecule has 2 heterocycles. The maximum Gasteiger partial charge on any atom is 0.330 e. The number of hydrogen-bond acceptors (Lipinski definition) is 5. The molecular weight excluding hydrogens is 372 g/mol. The Hall–Kier alpha value is -2.72. The fourth-order valence-electron chi connectivity index (χ4n) is 3.22. The van der Waals surface area contributed by atoms with E-state index in [1.165, 1.54) is 21.1 Å². The average molecular weight is 392 g/mol. The van der Waals surface area contributed by atoms with Crippen LogP contribution in [-0.4, -0.2) is 40.9 Å². The van der Waals surface area contributed by atoms with E-state index < -0.39 is 38.1 Å². The number of fused-ring (bicyclic) bond motifs is 1. The van der Waals surface area contributed by atoms with E-state index in [9.17, 15) is 22.8 Å².